The van der Waals surface area contributed by atoms with Crippen molar-refractivity contribution in [1.82, 2.24) is 19.1 Å². The standard InChI is InChI=1S/C50H30N4S/c1-3-13-31(14-4-1)47-39-19-7-10-20-42(39)51-50(52-47)32-23-25-34(26-24-32)54-44-22-12-8-17-35(44)37-27-28-38-41-29-40-36-18-9-11-21-43(36)53(33-15-5-2-6-16-33)45(40)30-46(41)55-49(38)48(37)54/h1-30H. The first-order valence-electron chi connectivity index (χ1n) is 18.6. The zero-order chi connectivity index (χ0) is 36.0. The van der Waals surface area contributed by atoms with E-state index in [-0.39, 0.29) is 0 Å². The molecule has 0 aliphatic heterocycles. The minimum absolute atomic E-state index is 0.720. The summed E-state index contributed by atoms with van der Waals surface area (Å²) in [6, 6.07) is 65.2. The normalized spacial score (nSPS) is 12.0. The smallest absolute Gasteiger partial charge is 0.160 e. The minimum Gasteiger partial charge on any atom is -0.309 e. The van der Waals surface area contributed by atoms with Gasteiger partial charge in [0, 0.05) is 64.9 Å². The Morgan fingerprint density at radius 3 is 1.78 bits per heavy atom. The average molecular weight is 719 g/mol. The molecule has 0 atom stereocenters. The predicted molar refractivity (Wildman–Crippen MR) is 232 cm³/mol. The van der Waals surface area contributed by atoms with Gasteiger partial charge in [-0.15, -0.1) is 11.3 Å². The van der Waals surface area contributed by atoms with Crippen LogP contribution in [0.15, 0.2) is 182 Å². The number of hydrogen-bond donors (Lipinski definition) is 0. The van der Waals surface area contributed by atoms with Crippen LogP contribution >= 0.6 is 11.3 Å². The number of thiophene rings is 1. The Labute approximate surface area is 319 Å². The summed E-state index contributed by atoms with van der Waals surface area (Å²) in [5.41, 5.74) is 11.1. The lowest BCUT2D eigenvalue weighted by Crippen LogP contribution is -1.97. The van der Waals surface area contributed by atoms with Crippen LogP contribution in [0.25, 0.3) is 109 Å². The third-order valence-electron chi connectivity index (χ3n) is 11.1. The fourth-order valence-electron chi connectivity index (χ4n) is 8.65. The van der Waals surface area contributed by atoms with E-state index in [0.29, 0.717) is 0 Å². The van der Waals surface area contributed by atoms with Gasteiger partial charge in [0.1, 0.15) is 0 Å². The van der Waals surface area contributed by atoms with E-state index in [2.05, 4.69) is 179 Å². The van der Waals surface area contributed by atoms with Crippen LogP contribution < -0.4 is 0 Å². The van der Waals surface area contributed by atoms with Crippen molar-refractivity contribution in [2.75, 3.05) is 0 Å². The fraction of sp³-hybridized carbons (Fsp3) is 0. The molecule has 4 heterocycles. The maximum atomic E-state index is 5.14. The predicted octanol–water partition coefficient (Wildman–Crippen LogP) is 13.5. The summed E-state index contributed by atoms with van der Waals surface area (Å²) in [5, 5.41) is 8.67. The van der Waals surface area contributed by atoms with Gasteiger partial charge >= 0.3 is 0 Å². The van der Waals surface area contributed by atoms with E-state index in [1.165, 1.54) is 69.5 Å². The summed E-state index contributed by atoms with van der Waals surface area (Å²) >= 11 is 1.89. The molecule has 256 valence electrons. The molecule has 4 nitrogen and oxygen atoms in total. The third kappa shape index (κ3) is 4.51. The molecular weight excluding hydrogens is 689 g/mol. The molecule has 0 spiro atoms. The summed E-state index contributed by atoms with van der Waals surface area (Å²) < 4.78 is 7.43. The van der Waals surface area contributed by atoms with Gasteiger partial charge in [0.05, 0.1) is 38.0 Å². The molecule has 0 amide bonds. The van der Waals surface area contributed by atoms with E-state index in [1.807, 2.05) is 23.5 Å². The van der Waals surface area contributed by atoms with Crippen molar-refractivity contribution >= 4 is 86.0 Å². The Balaban J connectivity index is 1.07. The van der Waals surface area contributed by atoms with Crippen molar-refractivity contribution in [3.63, 3.8) is 0 Å². The number of nitrogens with zero attached hydrogens (tertiary/aromatic N) is 4. The molecule has 12 aromatic rings. The molecule has 0 unspecified atom stereocenters. The number of hydrogen-bond acceptors (Lipinski definition) is 3. The third-order valence-corrected chi connectivity index (χ3v) is 12.3. The van der Waals surface area contributed by atoms with Crippen molar-refractivity contribution in [1.29, 1.82) is 0 Å². The lowest BCUT2D eigenvalue weighted by atomic mass is 10.1. The van der Waals surface area contributed by atoms with E-state index in [1.54, 1.807) is 0 Å². The molecule has 0 aliphatic carbocycles. The zero-order valence-corrected chi connectivity index (χ0v) is 30.3. The van der Waals surface area contributed by atoms with Crippen LogP contribution in [0, 0.1) is 0 Å². The van der Waals surface area contributed by atoms with E-state index in [9.17, 15) is 0 Å². The molecule has 12 rings (SSSR count). The Morgan fingerprint density at radius 1 is 0.382 bits per heavy atom. The van der Waals surface area contributed by atoms with Crippen LogP contribution in [0.4, 0.5) is 0 Å². The fourth-order valence-corrected chi connectivity index (χ4v) is 9.90. The highest BCUT2D eigenvalue weighted by Gasteiger charge is 2.20. The summed E-state index contributed by atoms with van der Waals surface area (Å²) in [6.07, 6.45) is 0. The van der Waals surface area contributed by atoms with Crippen LogP contribution in [0.2, 0.25) is 0 Å². The SMILES string of the molecule is c1ccc(-c2nc(-c3ccc(-n4c5ccccc5c5ccc6c7cc8c9ccccc9n(-c9ccccc9)c8cc7sc6c54)cc3)nc3ccccc23)cc1. The number of aromatic nitrogens is 4. The molecule has 4 aromatic heterocycles. The van der Waals surface area contributed by atoms with E-state index < -0.39 is 0 Å². The van der Waals surface area contributed by atoms with Crippen LogP contribution in [-0.2, 0) is 0 Å². The van der Waals surface area contributed by atoms with Crippen LogP contribution in [0.5, 0.6) is 0 Å². The summed E-state index contributed by atoms with van der Waals surface area (Å²) in [4.78, 5) is 10.2. The zero-order valence-electron chi connectivity index (χ0n) is 29.5. The van der Waals surface area contributed by atoms with Crippen LogP contribution in [-0.4, -0.2) is 19.1 Å². The second kappa shape index (κ2) is 11.7. The lowest BCUT2D eigenvalue weighted by molar-refractivity contribution is 1.18. The summed E-state index contributed by atoms with van der Waals surface area (Å²) in [5.74, 6) is 0.720. The Morgan fingerprint density at radius 2 is 1.00 bits per heavy atom. The maximum Gasteiger partial charge on any atom is 0.160 e. The largest absolute Gasteiger partial charge is 0.309 e. The topological polar surface area (TPSA) is 35.6 Å². The molecule has 0 fully saturated rings. The highest BCUT2D eigenvalue weighted by molar-refractivity contribution is 7.26. The number of para-hydroxylation sites is 4. The van der Waals surface area contributed by atoms with Crippen molar-refractivity contribution in [3.05, 3.63) is 182 Å². The van der Waals surface area contributed by atoms with Gasteiger partial charge in [-0.2, -0.15) is 0 Å². The molecular formula is C50H30N4S. The van der Waals surface area contributed by atoms with Crippen molar-refractivity contribution in [3.8, 4) is 34.0 Å². The summed E-state index contributed by atoms with van der Waals surface area (Å²) in [6.45, 7) is 0. The van der Waals surface area contributed by atoms with Crippen molar-refractivity contribution in [2.45, 2.75) is 0 Å². The average Bonchev–Trinajstić information content (AvgIpc) is 3.90. The molecule has 0 aliphatic rings. The van der Waals surface area contributed by atoms with Crippen molar-refractivity contribution < 1.29 is 0 Å². The van der Waals surface area contributed by atoms with Gasteiger partial charge in [0.2, 0.25) is 0 Å². The first kappa shape index (κ1) is 30.4. The quantitative estimate of drug-likeness (QED) is 0.182. The second-order valence-electron chi connectivity index (χ2n) is 14.2. The Bertz CT molecular complexity index is 3470. The van der Waals surface area contributed by atoms with Crippen LogP contribution in [0.3, 0.4) is 0 Å². The van der Waals surface area contributed by atoms with Gasteiger partial charge in [-0.3, -0.25) is 0 Å². The first-order valence-corrected chi connectivity index (χ1v) is 19.4. The van der Waals surface area contributed by atoms with E-state index >= 15 is 0 Å². The second-order valence-corrected chi connectivity index (χ2v) is 15.2. The molecule has 8 aromatic carbocycles. The van der Waals surface area contributed by atoms with Crippen molar-refractivity contribution in [2.24, 2.45) is 0 Å². The Kier molecular flexibility index (Phi) is 6.47. The monoisotopic (exact) mass is 718 g/mol. The highest BCUT2D eigenvalue weighted by atomic mass is 32.1. The van der Waals surface area contributed by atoms with Crippen LogP contribution in [0.1, 0.15) is 0 Å². The van der Waals surface area contributed by atoms with Gasteiger partial charge in [-0.25, -0.2) is 9.97 Å². The molecule has 0 N–H and O–H groups in total. The Hall–Kier alpha value is -7.08. The van der Waals surface area contributed by atoms with E-state index in [0.717, 1.165) is 39.2 Å². The highest BCUT2D eigenvalue weighted by Crippen LogP contribution is 2.45. The van der Waals surface area contributed by atoms with Gasteiger partial charge in [-0.1, -0.05) is 115 Å². The molecule has 0 saturated carbocycles. The molecule has 0 radical (unpaired) electrons. The minimum atomic E-state index is 0.720. The molecule has 0 saturated heterocycles. The van der Waals surface area contributed by atoms with Gasteiger partial charge in [0.25, 0.3) is 0 Å². The molecule has 0 bridgehead atoms. The first-order chi connectivity index (χ1) is 27.3. The number of rotatable bonds is 4. The molecule has 55 heavy (non-hydrogen) atoms. The molecule has 5 heteroatoms. The lowest BCUT2D eigenvalue weighted by Gasteiger charge is -2.11. The summed E-state index contributed by atoms with van der Waals surface area (Å²) in [7, 11) is 0. The number of benzene rings is 8. The van der Waals surface area contributed by atoms with Gasteiger partial charge < -0.3 is 9.13 Å². The maximum absolute atomic E-state index is 5.14. The van der Waals surface area contributed by atoms with Gasteiger partial charge in [-0.05, 0) is 66.7 Å². The number of fused-ring (bicyclic) bond motifs is 11. The van der Waals surface area contributed by atoms with E-state index in [4.69, 9.17) is 9.97 Å². The van der Waals surface area contributed by atoms with Gasteiger partial charge in [0.15, 0.2) is 5.82 Å².